The topological polar surface area (TPSA) is 32.3 Å². The number of amides is 1. The Bertz CT molecular complexity index is 263. The second kappa shape index (κ2) is 5.85. The first-order valence-electron chi connectivity index (χ1n) is 7.16. The molecular formula is C14H26N2O. The number of hydrogen-bond acceptors (Lipinski definition) is 2. The van der Waals surface area contributed by atoms with E-state index < -0.39 is 0 Å². The molecule has 3 heteroatoms. The number of hydrogen-bond donors (Lipinski definition) is 1. The van der Waals surface area contributed by atoms with Crippen molar-refractivity contribution in [2.24, 2.45) is 5.92 Å². The van der Waals surface area contributed by atoms with Crippen LogP contribution in [0.1, 0.15) is 51.9 Å². The molecule has 0 spiro atoms. The summed E-state index contributed by atoms with van der Waals surface area (Å²) in [5.41, 5.74) is 0. The van der Waals surface area contributed by atoms with Crippen molar-refractivity contribution in [1.82, 2.24) is 10.2 Å². The molecule has 0 aromatic heterocycles. The molecule has 0 aliphatic heterocycles. The summed E-state index contributed by atoms with van der Waals surface area (Å²) in [6.45, 7) is 3.16. The quantitative estimate of drug-likeness (QED) is 0.796. The van der Waals surface area contributed by atoms with Crippen LogP contribution in [0.3, 0.4) is 0 Å². The molecule has 0 bridgehead atoms. The lowest BCUT2D eigenvalue weighted by atomic mass is 9.86. The van der Waals surface area contributed by atoms with E-state index in [2.05, 4.69) is 12.2 Å². The Kier molecular flexibility index (Phi) is 4.43. The van der Waals surface area contributed by atoms with Crippen molar-refractivity contribution < 1.29 is 4.79 Å². The van der Waals surface area contributed by atoms with E-state index in [9.17, 15) is 4.79 Å². The van der Waals surface area contributed by atoms with E-state index in [-0.39, 0.29) is 0 Å². The molecule has 1 amide bonds. The van der Waals surface area contributed by atoms with Crippen molar-refractivity contribution in [1.29, 1.82) is 0 Å². The van der Waals surface area contributed by atoms with Crippen LogP contribution >= 0.6 is 0 Å². The van der Waals surface area contributed by atoms with Crippen LogP contribution in [0.25, 0.3) is 0 Å². The summed E-state index contributed by atoms with van der Waals surface area (Å²) >= 11 is 0. The summed E-state index contributed by atoms with van der Waals surface area (Å²) in [5.74, 6) is 1.10. The third-order valence-corrected chi connectivity index (χ3v) is 4.20. The molecule has 2 fully saturated rings. The standard InChI is InChI=1S/C14H26N2O/c1-11-4-3-5-13(10-11)16(2)14(17)8-9-15-12-6-7-12/h11-13,15H,3-10H2,1-2H3. The highest BCUT2D eigenvalue weighted by molar-refractivity contribution is 5.76. The van der Waals surface area contributed by atoms with Crippen LogP contribution in [0.15, 0.2) is 0 Å². The zero-order valence-electron chi connectivity index (χ0n) is 11.2. The van der Waals surface area contributed by atoms with Crippen molar-refractivity contribution in [3.63, 3.8) is 0 Å². The zero-order chi connectivity index (χ0) is 12.3. The maximum Gasteiger partial charge on any atom is 0.223 e. The van der Waals surface area contributed by atoms with Crippen LogP contribution in [-0.2, 0) is 4.79 Å². The second-order valence-corrected chi connectivity index (χ2v) is 5.91. The molecule has 2 aliphatic carbocycles. The van der Waals surface area contributed by atoms with Crippen molar-refractivity contribution in [2.45, 2.75) is 64.0 Å². The van der Waals surface area contributed by atoms with E-state index in [4.69, 9.17) is 0 Å². The SMILES string of the molecule is CC1CCCC(N(C)C(=O)CCNC2CC2)C1. The van der Waals surface area contributed by atoms with Crippen LogP contribution in [0.2, 0.25) is 0 Å². The monoisotopic (exact) mass is 238 g/mol. The number of carbonyl (C=O) groups is 1. The van der Waals surface area contributed by atoms with Crippen LogP contribution in [0.4, 0.5) is 0 Å². The molecular weight excluding hydrogens is 212 g/mol. The average molecular weight is 238 g/mol. The van der Waals surface area contributed by atoms with Gasteiger partial charge >= 0.3 is 0 Å². The summed E-state index contributed by atoms with van der Waals surface area (Å²) < 4.78 is 0. The second-order valence-electron chi connectivity index (χ2n) is 5.91. The van der Waals surface area contributed by atoms with E-state index in [1.54, 1.807) is 0 Å². The largest absolute Gasteiger partial charge is 0.343 e. The first-order chi connectivity index (χ1) is 8.16. The smallest absolute Gasteiger partial charge is 0.223 e. The molecule has 0 saturated heterocycles. The molecule has 0 radical (unpaired) electrons. The Morgan fingerprint density at radius 1 is 1.29 bits per heavy atom. The van der Waals surface area contributed by atoms with Crippen molar-refractivity contribution >= 4 is 5.91 Å². The van der Waals surface area contributed by atoms with E-state index in [1.165, 1.54) is 38.5 Å². The lowest BCUT2D eigenvalue weighted by Gasteiger charge is -2.34. The van der Waals surface area contributed by atoms with Gasteiger partial charge in [0.05, 0.1) is 0 Å². The Morgan fingerprint density at radius 2 is 2.06 bits per heavy atom. The number of nitrogens with one attached hydrogen (secondary N) is 1. The van der Waals surface area contributed by atoms with Crippen molar-refractivity contribution in [3.8, 4) is 0 Å². The molecule has 0 heterocycles. The van der Waals surface area contributed by atoms with Crippen LogP contribution in [-0.4, -0.2) is 36.5 Å². The van der Waals surface area contributed by atoms with Gasteiger partial charge in [-0.2, -0.15) is 0 Å². The van der Waals surface area contributed by atoms with Gasteiger partial charge in [0.25, 0.3) is 0 Å². The van der Waals surface area contributed by atoms with Crippen LogP contribution < -0.4 is 5.32 Å². The Balaban J connectivity index is 1.68. The van der Waals surface area contributed by atoms with Gasteiger partial charge in [0.2, 0.25) is 5.91 Å². The van der Waals surface area contributed by atoms with E-state index in [0.717, 1.165) is 12.5 Å². The molecule has 2 rings (SSSR count). The van der Waals surface area contributed by atoms with Gasteiger partial charge in [0.1, 0.15) is 0 Å². The van der Waals surface area contributed by atoms with Crippen molar-refractivity contribution in [3.05, 3.63) is 0 Å². The first-order valence-corrected chi connectivity index (χ1v) is 7.16. The maximum absolute atomic E-state index is 12.0. The molecule has 2 aliphatic rings. The molecule has 1 N–H and O–H groups in total. The molecule has 2 saturated carbocycles. The fourth-order valence-electron chi connectivity index (χ4n) is 2.80. The average Bonchev–Trinajstić information content (AvgIpc) is 3.12. The van der Waals surface area contributed by atoms with E-state index in [0.29, 0.717) is 24.4 Å². The molecule has 98 valence electrons. The van der Waals surface area contributed by atoms with Gasteiger partial charge in [0.15, 0.2) is 0 Å². The predicted octanol–water partition coefficient (Wildman–Crippen LogP) is 2.17. The maximum atomic E-state index is 12.0. The highest BCUT2D eigenvalue weighted by atomic mass is 16.2. The summed E-state index contributed by atoms with van der Waals surface area (Å²) in [7, 11) is 1.99. The molecule has 17 heavy (non-hydrogen) atoms. The fourth-order valence-corrected chi connectivity index (χ4v) is 2.80. The normalized spacial score (nSPS) is 29.1. The summed E-state index contributed by atoms with van der Waals surface area (Å²) in [5, 5.41) is 3.41. The number of carbonyl (C=O) groups excluding carboxylic acids is 1. The highest BCUT2D eigenvalue weighted by Gasteiger charge is 2.25. The minimum Gasteiger partial charge on any atom is -0.343 e. The summed E-state index contributed by atoms with van der Waals surface area (Å²) in [4.78, 5) is 14.0. The molecule has 3 nitrogen and oxygen atoms in total. The molecule has 0 aromatic carbocycles. The number of rotatable bonds is 5. The molecule has 2 atom stereocenters. The number of nitrogens with zero attached hydrogens (tertiary/aromatic N) is 1. The van der Waals surface area contributed by atoms with Gasteiger partial charge in [-0.05, 0) is 31.6 Å². The zero-order valence-corrected chi connectivity index (χ0v) is 11.2. The molecule has 2 unspecified atom stereocenters. The predicted molar refractivity (Wildman–Crippen MR) is 69.8 cm³/mol. The minimum atomic E-state index is 0.317. The third-order valence-electron chi connectivity index (χ3n) is 4.20. The Morgan fingerprint density at radius 3 is 2.71 bits per heavy atom. The summed E-state index contributed by atoms with van der Waals surface area (Å²) in [6.07, 6.45) is 8.26. The van der Waals surface area contributed by atoms with Gasteiger partial charge in [-0.15, -0.1) is 0 Å². The lowest BCUT2D eigenvalue weighted by molar-refractivity contribution is -0.132. The summed E-state index contributed by atoms with van der Waals surface area (Å²) in [6, 6.07) is 1.20. The third kappa shape index (κ3) is 3.98. The van der Waals surface area contributed by atoms with Crippen molar-refractivity contribution in [2.75, 3.05) is 13.6 Å². The minimum absolute atomic E-state index is 0.317. The highest BCUT2D eigenvalue weighted by Crippen LogP contribution is 2.26. The van der Waals surface area contributed by atoms with Gasteiger partial charge < -0.3 is 10.2 Å². The van der Waals surface area contributed by atoms with E-state index >= 15 is 0 Å². The molecule has 0 aromatic rings. The lowest BCUT2D eigenvalue weighted by Crippen LogP contribution is -2.40. The van der Waals surface area contributed by atoms with Crippen LogP contribution in [0.5, 0.6) is 0 Å². The van der Waals surface area contributed by atoms with Gasteiger partial charge in [-0.25, -0.2) is 0 Å². The first kappa shape index (κ1) is 12.9. The van der Waals surface area contributed by atoms with Crippen LogP contribution in [0, 0.1) is 5.92 Å². The fraction of sp³-hybridized carbons (Fsp3) is 0.929. The van der Waals surface area contributed by atoms with E-state index in [1.807, 2.05) is 11.9 Å². The van der Waals surface area contributed by atoms with Gasteiger partial charge in [-0.1, -0.05) is 19.8 Å². The van der Waals surface area contributed by atoms with Gasteiger partial charge in [0, 0.05) is 32.1 Å². The Hall–Kier alpha value is -0.570. The van der Waals surface area contributed by atoms with Gasteiger partial charge in [-0.3, -0.25) is 4.79 Å². The Labute approximate surface area is 105 Å².